The minimum atomic E-state index is -0.0919. The van der Waals surface area contributed by atoms with E-state index in [4.69, 9.17) is 0 Å². The van der Waals surface area contributed by atoms with Gasteiger partial charge in [-0.1, -0.05) is 33.8 Å². The highest BCUT2D eigenvalue weighted by Gasteiger charge is 2.27. The molecule has 0 spiro atoms. The van der Waals surface area contributed by atoms with Crippen LogP contribution in [0, 0.1) is 11.2 Å². The second kappa shape index (κ2) is 6.13. The summed E-state index contributed by atoms with van der Waals surface area (Å²) in [6, 6.07) is 6.07. The summed E-state index contributed by atoms with van der Waals surface area (Å²) in [5, 5.41) is 3.32. The number of nitrogens with one attached hydrogen (secondary N) is 1. The Bertz CT molecular complexity index is 454. The fraction of sp³-hybridized carbons (Fsp3) is 0.647. The van der Waals surface area contributed by atoms with Crippen LogP contribution < -0.4 is 10.2 Å². The van der Waals surface area contributed by atoms with Crippen LogP contribution in [-0.2, 0) is 6.54 Å². The predicted octanol–water partition coefficient (Wildman–Crippen LogP) is 3.95. The van der Waals surface area contributed by atoms with Gasteiger partial charge in [-0.25, -0.2) is 4.39 Å². The van der Waals surface area contributed by atoms with Crippen molar-refractivity contribution in [2.45, 2.75) is 53.1 Å². The third-order valence-corrected chi connectivity index (χ3v) is 3.97. The topological polar surface area (TPSA) is 15.3 Å². The molecule has 0 saturated carbocycles. The van der Waals surface area contributed by atoms with Gasteiger partial charge >= 0.3 is 0 Å². The summed E-state index contributed by atoms with van der Waals surface area (Å²) in [6.07, 6.45) is 2.37. The number of anilines is 1. The Morgan fingerprint density at radius 2 is 2.10 bits per heavy atom. The Morgan fingerprint density at radius 1 is 1.35 bits per heavy atom. The monoisotopic (exact) mass is 278 g/mol. The van der Waals surface area contributed by atoms with E-state index in [1.54, 1.807) is 6.07 Å². The molecule has 2 rings (SSSR count). The van der Waals surface area contributed by atoms with Crippen molar-refractivity contribution < 1.29 is 4.39 Å². The van der Waals surface area contributed by atoms with E-state index in [-0.39, 0.29) is 11.2 Å². The molecule has 112 valence electrons. The van der Waals surface area contributed by atoms with Gasteiger partial charge in [-0.2, -0.15) is 0 Å². The zero-order valence-corrected chi connectivity index (χ0v) is 13.2. The number of piperidine rings is 1. The van der Waals surface area contributed by atoms with Gasteiger partial charge in [0.1, 0.15) is 5.82 Å². The largest absolute Gasteiger partial charge is 0.369 e. The Kier molecular flexibility index (Phi) is 4.69. The highest BCUT2D eigenvalue weighted by Crippen LogP contribution is 2.32. The van der Waals surface area contributed by atoms with Crippen molar-refractivity contribution >= 4 is 5.69 Å². The molecule has 1 aromatic carbocycles. The Balaban J connectivity index is 2.09. The Hall–Kier alpha value is -1.09. The number of hydrogen-bond acceptors (Lipinski definition) is 2. The quantitative estimate of drug-likeness (QED) is 0.897. The van der Waals surface area contributed by atoms with Crippen LogP contribution in [0.5, 0.6) is 0 Å². The maximum Gasteiger partial charge on any atom is 0.146 e. The third-order valence-electron chi connectivity index (χ3n) is 3.97. The minimum absolute atomic E-state index is 0.0919. The first-order valence-corrected chi connectivity index (χ1v) is 7.64. The summed E-state index contributed by atoms with van der Waals surface area (Å²) < 4.78 is 14.3. The molecule has 3 heteroatoms. The molecular weight excluding hydrogens is 251 g/mol. The molecule has 0 aromatic heterocycles. The highest BCUT2D eigenvalue weighted by molar-refractivity contribution is 5.49. The molecule has 1 N–H and O–H groups in total. The summed E-state index contributed by atoms with van der Waals surface area (Å²) >= 11 is 0. The molecule has 20 heavy (non-hydrogen) atoms. The summed E-state index contributed by atoms with van der Waals surface area (Å²) in [5.41, 5.74) is 2.05. The number of benzene rings is 1. The first-order chi connectivity index (χ1) is 9.37. The van der Waals surface area contributed by atoms with E-state index in [1.165, 1.54) is 6.42 Å². The van der Waals surface area contributed by atoms with Crippen LogP contribution in [0.15, 0.2) is 18.2 Å². The summed E-state index contributed by atoms with van der Waals surface area (Å²) in [6.45, 7) is 11.3. The van der Waals surface area contributed by atoms with E-state index >= 15 is 0 Å². The summed E-state index contributed by atoms with van der Waals surface area (Å²) in [5.74, 6) is -0.0919. The smallest absolute Gasteiger partial charge is 0.146 e. The van der Waals surface area contributed by atoms with E-state index < -0.39 is 0 Å². The molecule has 0 aliphatic carbocycles. The van der Waals surface area contributed by atoms with Gasteiger partial charge in [0.2, 0.25) is 0 Å². The van der Waals surface area contributed by atoms with Crippen molar-refractivity contribution in [3.8, 4) is 0 Å². The average molecular weight is 278 g/mol. The fourth-order valence-electron chi connectivity index (χ4n) is 2.87. The Morgan fingerprint density at radius 3 is 2.70 bits per heavy atom. The molecule has 0 amide bonds. The number of hydrogen-bond donors (Lipinski definition) is 1. The lowest BCUT2D eigenvalue weighted by Crippen LogP contribution is -2.40. The fourth-order valence-corrected chi connectivity index (χ4v) is 2.87. The van der Waals surface area contributed by atoms with Gasteiger partial charge in [0.25, 0.3) is 0 Å². The summed E-state index contributed by atoms with van der Waals surface area (Å²) in [4.78, 5) is 2.19. The number of rotatable bonds is 4. The maximum absolute atomic E-state index is 14.3. The van der Waals surface area contributed by atoms with E-state index in [1.807, 2.05) is 12.1 Å². The molecule has 0 atom stereocenters. The van der Waals surface area contributed by atoms with Gasteiger partial charge in [-0.15, -0.1) is 0 Å². The van der Waals surface area contributed by atoms with Crippen molar-refractivity contribution in [3.05, 3.63) is 29.6 Å². The molecule has 1 heterocycles. The molecule has 0 bridgehead atoms. The maximum atomic E-state index is 14.3. The van der Waals surface area contributed by atoms with Crippen LogP contribution >= 0.6 is 0 Å². The van der Waals surface area contributed by atoms with Crippen LogP contribution in [0.3, 0.4) is 0 Å². The molecule has 1 fully saturated rings. The van der Waals surface area contributed by atoms with E-state index in [2.05, 4.69) is 37.9 Å². The third kappa shape index (κ3) is 3.95. The molecule has 1 aromatic rings. The van der Waals surface area contributed by atoms with E-state index in [0.717, 1.165) is 37.3 Å². The molecule has 2 nitrogen and oxygen atoms in total. The van der Waals surface area contributed by atoms with Crippen LogP contribution in [0.2, 0.25) is 0 Å². The van der Waals surface area contributed by atoms with Gasteiger partial charge in [0, 0.05) is 25.7 Å². The first kappa shape index (κ1) is 15.3. The zero-order valence-electron chi connectivity index (χ0n) is 13.2. The zero-order chi connectivity index (χ0) is 14.8. The second-order valence-electron chi connectivity index (χ2n) is 7.01. The van der Waals surface area contributed by atoms with E-state index in [0.29, 0.717) is 6.04 Å². The van der Waals surface area contributed by atoms with Gasteiger partial charge in [-0.3, -0.25) is 0 Å². The molecular formula is C17H27FN2. The SMILES string of the molecule is CC(C)NCc1ccc(N2CCCC(C)(C)C2)c(F)c1. The highest BCUT2D eigenvalue weighted by atomic mass is 19.1. The molecule has 1 aliphatic rings. The second-order valence-corrected chi connectivity index (χ2v) is 7.01. The van der Waals surface area contributed by atoms with Gasteiger partial charge in [-0.05, 0) is 36.0 Å². The number of halogens is 1. The lowest BCUT2D eigenvalue weighted by atomic mass is 9.84. The van der Waals surface area contributed by atoms with Crippen LogP contribution in [0.25, 0.3) is 0 Å². The summed E-state index contributed by atoms with van der Waals surface area (Å²) in [7, 11) is 0. The van der Waals surface area contributed by atoms with Crippen molar-refractivity contribution in [2.24, 2.45) is 5.41 Å². The molecule has 1 aliphatic heterocycles. The van der Waals surface area contributed by atoms with Gasteiger partial charge in [0.05, 0.1) is 5.69 Å². The predicted molar refractivity (Wildman–Crippen MR) is 83.6 cm³/mol. The van der Waals surface area contributed by atoms with Crippen molar-refractivity contribution in [1.82, 2.24) is 5.32 Å². The van der Waals surface area contributed by atoms with Gasteiger partial charge < -0.3 is 10.2 Å². The van der Waals surface area contributed by atoms with Crippen LogP contribution in [0.1, 0.15) is 46.1 Å². The normalized spacial score (nSPS) is 18.6. The van der Waals surface area contributed by atoms with Crippen LogP contribution in [-0.4, -0.2) is 19.1 Å². The standard InChI is InChI=1S/C17H27FN2/c1-13(2)19-11-14-6-7-16(15(18)10-14)20-9-5-8-17(3,4)12-20/h6-7,10,13,19H,5,8-9,11-12H2,1-4H3. The lowest BCUT2D eigenvalue weighted by Gasteiger charge is -2.39. The first-order valence-electron chi connectivity index (χ1n) is 7.64. The van der Waals surface area contributed by atoms with Crippen molar-refractivity contribution in [2.75, 3.05) is 18.0 Å². The molecule has 1 saturated heterocycles. The minimum Gasteiger partial charge on any atom is -0.369 e. The molecule has 0 radical (unpaired) electrons. The van der Waals surface area contributed by atoms with Crippen molar-refractivity contribution in [1.29, 1.82) is 0 Å². The van der Waals surface area contributed by atoms with E-state index in [9.17, 15) is 4.39 Å². The number of nitrogens with zero attached hydrogens (tertiary/aromatic N) is 1. The average Bonchev–Trinajstić information content (AvgIpc) is 2.35. The van der Waals surface area contributed by atoms with Crippen LogP contribution in [0.4, 0.5) is 10.1 Å². The Labute approximate surface area is 122 Å². The molecule has 0 unspecified atom stereocenters. The van der Waals surface area contributed by atoms with Gasteiger partial charge in [0.15, 0.2) is 0 Å². The lowest BCUT2D eigenvalue weighted by molar-refractivity contribution is 0.292. The van der Waals surface area contributed by atoms with Crippen molar-refractivity contribution in [3.63, 3.8) is 0 Å².